The molecule has 1 aliphatic heterocycles. The van der Waals surface area contributed by atoms with Crippen LogP contribution in [0.3, 0.4) is 0 Å². The van der Waals surface area contributed by atoms with Crippen LogP contribution in [0.15, 0.2) is 24.3 Å². The van der Waals surface area contributed by atoms with Crippen LogP contribution in [0.25, 0.3) is 0 Å². The van der Waals surface area contributed by atoms with Crippen LogP contribution in [0.1, 0.15) is 12.0 Å². The van der Waals surface area contributed by atoms with E-state index in [1.54, 1.807) is 0 Å². The van der Waals surface area contributed by atoms with E-state index in [0.29, 0.717) is 6.04 Å². The molecule has 2 nitrogen and oxygen atoms in total. The molecule has 82 valence electrons. The molecule has 1 N–H and O–H groups in total. The fourth-order valence-electron chi connectivity index (χ4n) is 1.87. The molecule has 0 bridgehead atoms. The highest BCUT2D eigenvalue weighted by Crippen LogP contribution is 2.25. The van der Waals surface area contributed by atoms with Crippen LogP contribution in [-0.2, 0) is 6.61 Å². The summed E-state index contributed by atoms with van der Waals surface area (Å²) >= 11 is 2.03. The van der Waals surface area contributed by atoms with Crippen molar-refractivity contribution in [3.63, 3.8) is 0 Å². The van der Waals surface area contributed by atoms with Gasteiger partial charge in [0.05, 0.1) is 6.61 Å². The Morgan fingerprint density at radius 1 is 1.40 bits per heavy atom. The van der Waals surface area contributed by atoms with Crippen molar-refractivity contribution >= 4 is 17.4 Å². The van der Waals surface area contributed by atoms with Gasteiger partial charge in [0, 0.05) is 24.5 Å². The summed E-state index contributed by atoms with van der Waals surface area (Å²) in [6.07, 6.45) is 1.28. The first-order chi connectivity index (χ1) is 7.31. The molecule has 1 saturated heterocycles. The monoisotopic (exact) mass is 223 g/mol. The predicted molar refractivity (Wildman–Crippen MR) is 66.5 cm³/mol. The number of aliphatic hydroxyl groups is 1. The van der Waals surface area contributed by atoms with E-state index in [1.165, 1.54) is 23.6 Å². The van der Waals surface area contributed by atoms with E-state index in [0.717, 1.165) is 5.56 Å². The van der Waals surface area contributed by atoms with Gasteiger partial charge in [-0.25, -0.2) is 0 Å². The lowest BCUT2D eigenvalue weighted by atomic mass is 10.1. The number of benzene rings is 1. The third kappa shape index (κ3) is 2.47. The molecule has 1 fully saturated rings. The fraction of sp³-hybridized carbons (Fsp3) is 0.500. The number of thioether (sulfide) groups is 1. The van der Waals surface area contributed by atoms with Crippen LogP contribution >= 0.6 is 11.8 Å². The molecule has 1 heterocycles. The summed E-state index contributed by atoms with van der Waals surface area (Å²) in [5, 5.41) is 8.96. The summed E-state index contributed by atoms with van der Waals surface area (Å²) in [6, 6.07) is 8.85. The van der Waals surface area contributed by atoms with Crippen molar-refractivity contribution in [3.8, 4) is 0 Å². The Labute approximate surface area is 95.3 Å². The van der Waals surface area contributed by atoms with Crippen molar-refractivity contribution < 1.29 is 5.11 Å². The van der Waals surface area contributed by atoms with Gasteiger partial charge in [-0.05, 0) is 29.9 Å². The zero-order chi connectivity index (χ0) is 10.7. The predicted octanol–water partition coefficient (Wildman–Crippen LogP) is 2.12. The second-order valence-corrected chi connectivity index (χ2v) is 5.10. The van der Waals surface area contributed by atoms with Gasteiger partial charge in [-0.3, -0.25) is 0 Å². The van der Waals surface area contributed by atoms with Crippen LogP contribution in [0, 0.1) is 0 Å². The van der Waals surface area contributed by atoms with Gasteiger partial charge in [-0.15, -0.1) is 0 Å². The van der Waals surface area contributed by atoms with Gasteiger partial charge >= 0.3 is 0 Å². The Bertz CT molecular complexity index is 306. The smallest absolute Gasteiger partial charge is 0.0681 e. The van der Waals surface area contributed by atoms with Crippen LogP contribution in [0.5, 0.6) is 0 Å². The van der Waals surface area contributed by atoms with Gasteiger partial charge in [-0.2, -0.15) is 11.8 Å². The van der Waals surface area contributed by atoms with Crippen molar-refractivity contribution in [2.45, 2.75) is 19.1 Å². The highest BCUT2D eigenvalue weighted by Gasteiger charge is 2.19. The van der Waals surface area contributed by atoms with E-state index in [2.05, 4.69) is 24.1 Å². The minimum Gasteiger partial charge on any atom is -0.392 e. The SMILES string of the molecule is CN(c1ccc(CO)cc1)C1CCSC1. The van der Waals surface area contributed by atoms with Gasteiger partial charge in [-0.1, -0.05) is 12.1 Å². The van der Waals surface area contributed by atoms with Crippen molar-refractivity contribution in [3.05, 3.63) is 29.8 Å². The molecule has 15 heavy (non-hydrogen) atoms. The van der Waals surface area contributed by atoms with Crippen LogP contribution in [0.2, 0.25) is 0 Å². The maximum Gasteiger partial charge on any atom is 0.0681 e. The number of anilines is 1. The zero-order valence-electron chi connectivity index (χ0n) is 9.02. The Hall–Kier alpha value is -0.670. The summed E-state index contributed by atoms with van der Waals surface area (Å²) in [4.78, 5) is 2.35. The zero-order valence-corrected chi connectivity index (χ0v) is 9.83. The van der Waals surface area contributed by atoms with Crippen LogP contribution < -0.4 is 4.90 Å². The lowest BCUT2D eigenvalue weighted by Crippen LogP contribution is -2.31. The molecule has 1 unspecified atom stereocenters. The lowest BCUT2D eigenvalue weighted by molar-refractivity contribution is 0.282. The molecule has 0 aliphatic carbocycles. The fourth-order valence-corrected chi connectivity index (χ4v) is 3.14. The first kappa shape index (κ1) is 10.8. The number of hydrogen-bond donors (Lipinski definition) is 1. The molecule has 1 aromatic carbocycles. The summed E-state index contributed by atoms with van der Waals surface area (Å²) < 4.78 is 0. The average molecular weight is 223 g/mol. The second kappa shape index (κ2) is 4.90. The largest absolute Gasteiger partial charge is 0.392 e. The molecule has 0 amide bonds. The molecule has 0 spiro atoms. The number of aliphatic hydroxyl groups excluding tert-OH is 1. The number of nitrogens with zero attached hydrogens (tertiary/aromatic N) is 1. The molecule has 0 saturated carbocycles. The van der Waals surface area contributed by atoms with E-state index >= 15 is 0 Å². The molecule has 1 aromatic rings. The number of rotatable bonds is 3. The normalized spacial score (nSPS) is 20.5. The van der Waals surface area contributed by atoms with Gasteiger partial charge in [0.2, 0.25) is 0 Å². The lowest BCUT2D eigenvalue weighted by Gasteiger charge is -2.26. The van der Waals surface area contributed by atoms with E-state index in [9.17, 15) is 0 Å². The minimum absolute atomic E-state index is 0.128. The third-order valence-electron chi connectivity index (χ3n) is 2.98. The second-order valence-electron chi connectivity index (χ2n) is 3.95. The molecule has 1 aliphatic rings. The summed E-state index contributed by atoms with van der Waals surface area (Å²) in [7, 11) is 2.16. The first-order valence-electron chi connectivity index (χ1n) is 5.31. The van der Waals surface area contributed by atoms with Gasteiger partial charge in [0.1, 0.15) is 0 Å². The van der Waals surface area contributed by atoms with E-state index in [4.69, 9.17) is 5.11 Å². The topological polar surface area (TPSA) is 23.5 Å². The Morgan fingerprint density at radius 2 is 2.13 bits per heavy atom. The first-order valence-corrected chi connectivity index (χ1v) is 6.47. The maximum absolute atomic E-state index is 8.96. The quantitative estimate of drug-likeness (QED) is 0.849. The Balaban J connectivity index is 2.07. The van der Waals surface area contributed by atoms with Gasteiger partial charge < -0.3 is 10.0 Å². The Kier molecular flexibility index (Phi) is 3.54. The van der Waals surface area contributed by atoms with E-state index < -0.39 is 0 Å². The van der Waals surface area contributed by atoms with E-state index in [1.807, 2.05) is 23.9 Å². The van der Waals surface area contributed by atoms with Gasteiger partial charge in [0.25, 0.3) is 0 Å². The van der Waals surface area contributed by atoms with Crippen molar-refractivity contribution in [2.24, 2.45) is 0 Å². The van der Waals surface area contributed by atoms with Gasteiger partial charge in [0.15, 0.2) is 0 Å². The summed E-state index contributed by atoms with van der Waals surface area (Å²) in [5.41, 5.74) is 2.23. The highest BCUT2D eigenvalue weighted by atomic mass is 32.2. The molecular formula is C12H17NOS. The molecular weight excluding hydrogens is 206 g/mol. The molecule has 1 atom stereocenters. The molecule has 2 rings (SSSR count). The Morgan fingerprint density at radius 3 is 2.67 bits per heavy atom. The van der Waals surface area contributed by atoms with Crippen molar-refractivity contribution in [2.75, 3.05) is 23.5 Å². The average Bonchev–Trinajstić information content (AvgIpc) is 2.82. The van der Waals surface area contributed by atoms with E-state index in [-0.39, 0.29) is 6.61 Å². The minimum atomic E-state index is 0.128. The molecule has 0 radical (unpaired) electrons. The summed E-state index contributed by atoms with van der Waals surface area (Å²) in [6.45, 7) is 0.128. The number of hydrogen-bond acceptors (Lipinski definition) is 3. The standard InChI is InChI=1S/C12H17NOS/c1-13(12-6-7-15-9-12)11-4-2-10(8-14)3-5-11/h2-5,12,14H,6-9H2,1H3. The van der Waals surface area contributed by atoms with Crippen molar-refractivity contribution in [1.82, 2.24) is 0 Å². The van der Waals surface area contributed by atoms with Crippen molar-refractivity contribution in [1.29, 1.82) is 0 Å². The highest BCUT2D eigenvalue weighted by molar-refractivity contribution is 7.99. The maximum atomic E-state index is 8.96. The molecule has 3 heteroatoms. The van der Waals surface area contributed by atoms with Crippen LogP contribution in [-0.4, -0.2) is 29.7 Å². The third-order valence-corrected chi connectivity index (χ3v) is 4.12. The summed E-state index contributed by atoms with van der Waals surface area (Å²) in [5.74, 6) is 2.52. The van der Waals surface area contributed by atoms with Crippen LogP contribution in [0.4, 0.5) is 5.69 Å². The molecule has 0 aromatic heterocycles.